The molecule has 0 heterocycles. The molecular weight excluding hydrogens is 268 g/mol. The van der Waals surface area contributed by atoms with Gasteiger partial charge in [-0.15, -0.1) is 0 Å². The van der Waals surface area contributed by atoms with Gasteiger partial charge in [-0.3, -0.25) is 0 Å². The van der Waals surface area contributed by atoms with Crippen LogP contribution < -0.4 is 9.47 Å². The fourth-order valence-corrected chi connectivity index (χ4v) is 1.84. The summed E-state index contributed by atoms with van der Waals surface area (Å²) in [4.78, 5) is 12.0. The van der Waals surface area contributed by atoms with E-state index >= 15 is 0 Å². The van der Waals surface area contributed by atoms with Gasteiger partial charge < -0.3 is 14.2 Å². The molecule has 0 aliphatic heterocycles. The lowest BCUT2D eigenvalue weighted by atomic mass is 10.1. The molecule has 2 rings (SSSR count). The van der Waals surface area contributed by atoms with E-state index in [-0.39, 0.29) is 5.97 Å². The van der Waals surface area contributed by atoms with Crippen LogP contribution in [0.2, 0.25) is 0 Å². The first-order valence-corrected chi connectivity index (χ1v) is 6.67. The number of carbonyl (C=O) groups excluding carboxylic acids is 1. The summed E-state index contributed by atoms with van der Waals surface area (Å²) in [6, 6.07) is 14.2. The van der Waals surface area contributed by atoms with Crippen molar-refractivity contribution in [1.29, 1.82) is 0 Å². The second-order valence-electron chi connectivity index (χ2n) is 4.50. The van der Waals surface area contributed by atoms with E-state index in [2.05, 4.69) is 0 Å². The zero-order valence-corrected chi connectivity index (χ0v) is 12.2. The summed E-state index contributed by atoms with van der Waals surface area (Å²) in [5.74, 6) is 0.833. The lowest BCUT2D eigenvalue weighted by molar-refractivity contribution is 0.0734. The predicted octanol–water partition coefficient (Wildman–Crippen LogP) is 3.10. The van der Waals surface area contributed by atoms with Crippen LogP contribution in [0.25, 0.3) is 0 Å². The fourth-order valence-electron chi connectivity index (χ4n) is 1.84. The molecule has 0 radical (unpaired) electrons. The summed E-state index contributed by atoms with van der Waals surface area (Å²) in [5, 5.41) is 0. The molecule has 0 amide bonds. The van der Waals surface area contributed by atoms with Gasteiger partial charge in [-0.25, -0.2) is 4.79 Å². The molecule has 4 heteroatoms. The van der Waals surface area contributed by atoms with Crippen LogP contribution in [0.1, 0.15) is 15.9 Å². The molecule has 2 aromatic rings. The molecule has 0 bridgehead atoms. The highest BCUT2D eigenvalue weighted by Gasteiger charge is 2.08. The number of ether oxygens (including phenoxy) is 3. The van der Waals surface area contributed by atoms with Gasteiger partial charge in [-0.2, -0.15) is 0 Å². The molecule has 0 saturated carbocycles. The average Bonchev–Trinajstić information content (AvgIpc) is 2.54. The number of hydrogen-bond acceptors (Lipinski definition) is 4. The molecule has 0 fully saturated rings. The Morgan fingerprint density at radius 3 is 2.10 bits per heavy atom. The highest BCUT2D eigenvalue weighted by Crippen LogP contribution is 2.18. The molecule has 21 heavy (non-hydrogen) atoms. The number of rotatable bonds is 6. The van der Waals surface area contributed by atoms with Crippen molar-refractivity contribution in [1.82, 2.24) is 0 Å². The first-order chi connectivity index (χ1) is 10.2. The van der Waals surface area contributed by atoms with Crippen LogP contribution in [0.3, 0.4) is 0 Å². The Kier molecular flexibility index (Phi) is 5.35. The summed E-state index contributed by atoms with van der Waals surface area (Å²) >= 11 is 0. The van der Waals surface area contributed by atoms with Gasteiger partial charge in [-0.05, 0) is 48.4 Å². The Hall–Kier alpha value is -2.33. The molecule has 0 aromatic heterocycles. The maximum Gasteiger partial charge on any atom is 0.343 e. The first kappa shape index (κ1) is 15.1. The van der Waals surface area contributed by atoms with Gasteiger partial charge in [0.25, 0.3) is 0 Å². The van der Waals surface area contributed by atoms with Crippen LogP contribution in [-0.2, 0) is 11.2 Å². The Balaban J connectivity index is 1.98. The van der Waals surface area contributed by atoms with Crippen molar-refractivity contribution in [2.45, 2.75) is 6.42 Å². The minimum atomic E-state index is -0.376. The van der Waals surface area contributed by atoms with E-state index in [1.165, 1.54) is 0 Å². The quantitative estimate of drug-likeness (QED) is 0.604. The van der Waals surface area contributed by atoms with Gasteiger partial charge in [0.2, 0.25) is 0 Å². The van der Waals surface area contributed by atoms with E-state index < -0.39 is 0 Å². The molecule has 2 aromatic carbocycles. The van der Waals surface area contributed by atoms with E-state index in [0.29, 0.717) is 17.9 Å². The van der Waals surface area contributed by atoms with Crippen LogP contribution in [0.15, 0.2) is 48.5 Å². The zero-order valence-electron chi connectivity index (χ0n) is 12.2. The molecule has 0 aliphatic carbocycles. The molecule has 0 N–H and O–H groups in total. The van der Waals surface area contributed by atoms with Crippen molar-refractivity contribution in [3.05, 3.63) is 59.7 Å². The van der Waals surface area contributed by atoms with Crippen molar-refractivity contribution >= 4 is 5.97 Å². The van der Waals surface area contributed by atoms with Crippen LogP contribution in [-0.4, -0.2) is 26.8 Å². The molecule has 4 nitrogen and oxygen atoms in total. The molecule has 0 atom stereocenters. The maximum atomic E-state index is 12.0. The number of hydrogen-bond donors (Lipinski definition) is 0. The Morgan fingerprint density at radius 1 is 0.905 bits per heavy atom. The van der Waals surface area contributed by atoms with E-state index in [9.17, 15) is 4.79 Å². The highest BCUT2D eigenvalue weighted by atomic mass is 16.5. The third-order valence-electron chi connectivity index (χ3n) is 3.05. The molecule has 110 valence electrons. The smallest absolute Gasteiger partial charge is 0.343 e. The third-order valence-corrected chi connectivity index (χ3v) is 3.05. The Morgan fingerprint density at radius 2 is 1.52 bits per heavy atom. The third kappa shape index (κ3) is 4.33. The van der Waals surface area contributed by atoms with Gasteiger partial charge in [-0.1, -0.05) is 12.1 Å². The van der Waals surface area contributed by atoms with Gasteiger partial charge in [0.05, 0.1) is 19.3 Å². The molecule has 0 spiro atoms. The standard InChI is InChI=1S/C17H18O4/c1-19-12-11-13-3-5-14(6-4-13)17(18)21-16-9-7-15(20-2)8-10-16/h3-10H,11-12H2,1-2H3. The van der Waals surface area contributed by atoms with Gasteiger partial charge in [0.1, 0.15) is 11.5 Å². The largest absolute Gasteiger partial charge is 0.497 e. The fraction of sp³-hybridized carbons (Fsp3) is 0.235. The lowest BCUT2D eigenvalue weighted by Gasteiger charge is -2.06. The van der Waals surface area contributed by atoms with Crippen LogP contribution in [0.5, 0.6) is 11.5 Å². The monoisotopic (exact) mass is 286 g/mol. The second-order valence-corrected chi connectivity index (χ2v) is 4.50. The highest BCUT2D eigenvalue weighted by molar-refractivity contribution is 5.91. The zero-order chi connectivity index (χ0) is 15.1. The number of carbonyl (C=O) groups is 1. The lowest BCUT2D eigenvalue weighted by Crippen LogP contribution is -2.08. The second kappa shape index (κ2) is 7.45. The number of benzene rings is 2. The van der Waals surface area contributed by atoms with Crippen molar-refractivity contribution in [3.63, 3.8) is 0 Å². The Bertz CT molecular complexity index is 573. The van der Waals surface area contributed by atoms with Crippen molar-refractivity contribution in [3.8, 4) is 11.5 Å². The molecular formula is C17H18O4. The topological polar surface area (TPSA) is 44.8 Å². The SMILES string of the molecule is COCCc1ccc(C(=O)Oc2ccc(OC)cc2)cc1. The molecule has 0 unspecified atom stereocenters. The predicted molar refractivity (Wildman–Crippen MR) is 80.0 cm³/mol. The van der Waals surface area contributed by atoms with Crippen LogP contribution in [0.4, 0.5) is 0 Å². The first-order valence-electron chi connectivity index (χ1n) is 6.67. The normalized spacial score (nSPS) is 10.2. The van der Waals surface area contributed by atoms with E-state index in [1.807, 2.05) is 12.1 Å². The maximum absolute atomic E-state index is 12.0. The summed E-state index contributed by atoms with van der Waals surface area (Å²) in [6.45, 7) is 0.662. The average molecular weight is 286 g/mol. The van der Waals surface area contributed by atoms with E-state index in [0.717, 1.165) is 17.7 Å². The minimum absolute atomic E-state index is 0.376. The summed E-state index contributed by atoms with van der Waals surface area (Å²) < 4.78 is 15.4. The number of methoxy groups -OCH3 is 2. The van der Waals surface area contributed by atoms with E-state index in [1.54, 1.807) is 50.6 Å². The summed E-state index contributed by atoms with van der Waals surface area (Å²) in [7, 11) is 3.26. The van der Waals surface area contributed by atoms with Crippen molar-refractivity contribution in [2.75, 3.05) is 20.8 Å². The van der Waals surface area contributed by atoms with E-state index in [4.69, 9.17) is 14.2 Å². The van der Waals surface area contributed by atoms with Gasteiger partial charge in [0, 0.05) is 7.11 Å². The summed E-state index contributed by atoms with van der Waals surface area (Å²) in [5.41, 5.74) is 1.64. The van der Waals surface area contributed by atoms with Gasteiger partial charge in [0.15, 0.2) is 0 Å². The summed E-state index contributed by atoms with van der Waals surface area (Å²) in [6.07, 6.45) is 0.824. The molecule has 0 saturated heterocycles. The van der Waals surface area contributed by atoms with Crippen LogP contribution in [0, 0.1) is 0 Å². The van der Waals surface area contributed by atoms with Crippen LogP contribution >= 0.6 is 0 Å². The minimum Gasteiger partial charge on any atom is -0.497 e. The van der Waals surface area contributed by atoms with Crippen molar-refractivity contribution < 1.29 is 19.0 Å². The van der Waals surface area contributed by atoms with Crippen molar-refractivity contribution in [2.24, 2.45) is 0 Å². The molecule has 0 aliphatic rings. The van der Waals surface area contributed by atoms with Gasteiger partial charge >= 0.3 is 5.97 Å². The number of esters is 1. The Labute approximate surface area is 124 Å².